The molecule has 0 aromatic heterocycles. The third-order valence-electron chi connectivity index (χ3n) is 2.56. The number of allylic oxidation sites excluding steroid dienone is 3. The number of nitrogens with one attached hydrogen (secondary N) is 1. The summed E-state index contributed by atoms with van der Waals surface area (Å²) in [6.45, 7) is 3.45. The van der Waals surface area contributed by atoms with Crippen molar-refractivity contribution in [3.63, 3.8) is 0 Å². The van der Waals surface area contributed by atoms with Gasteiger partial charge in [0.1, 0.15) is 0 Å². The Kier molecular flexibility index (Phi) is 7.85. The lowest BCUT2D eigenvalue weighted by Crippen LogP contribution is -2.20. The predicted octanol–water partition coefficient (Wildman–Crippen LogP) is 2.48. The largest absolute Gasteiger partial charge is 0.462 e. The lowest BCUT2D eigenvalue weighted by Gasteiger charge is -2.06. The van der Waals surface area contributed by atoms with Gasteiger partial charge in [0, 0.05) is 11.8 Å². The summed E-state index contributed by atoms with van der Waals surface area (Å²) in [5, 5.41) is 2.56. The van der Waals surface area contributed by atoms with Crippen molar-refractivity contribution in [2.24, 2.45) is 0 Å². The molecule has 1 aromatic carbocycles. The van der Waals surface area contributed by atoms with Crippen molar-refractivity contribution in [1.29, 1.82) is 0 Å². The number of esters is 2. The average Bonchev–Trinajstić information content (AvgIpc) is 2.54. The minimum absolute atomic E-state index is 0.297. The molecule has 0 unspecified atom stereocenters. The smallest absolute Gasteiger partial charge is 0.338 e. The van der Waals surface area contributed by atoms with E-state index in [0.717, 1.165) is 0 Å². The molecule has 0 fully saturated rings. The predicted molar refractivity (Wildman–Crippen MR) is 85.9 cm³/mol. The van der Waals surface area contributed by atoms with Gasteiger partial charge in [-0.05, 0) is 38.1 Å². The normalized spacial score (nSPS) is 10.7. The molecule has 1 N–H and O–H groups in total. The molecule has 0 atom stereocenters. The molecule has 0 aliphatic heterocycles. The quantitative estimate of drug-likeness (QED) is 0.474. The third-order valence-corrected chi connectivity index (χ3v) is 2.56. The molecule has 0 heterocycles. The lowest BCUT2D eigenvalue weighted by atomic mass is 10.2. The number of benzene rings is 1. The van der Waals surface area contributed by atoms with E-state index >= 15 is 0 Å². The Labute approximate surface area is 134 Å². The molecule has 23 heavy (non-hydrogen) atoms. The minimum Gasteiger partial charge on any atom is -0.462 e. The molecule has 0 aliphatic rings. The molecular weight excluding hydrogens is 298 g/mol. The van der Waals surface area contributed by atoms with Gasteiger partial charge in [-0.3, -0.25) is 4.79 Å². The Bertz CT molecular complexity index is 602. The molecule has 1 rings (SSSR count). The van der Waals surface area contributed by atoms with E-state index in [1.54, 1.807) is 43.3 Å². The van der Waals surface area contributed by atoms with Crippen LogP contribution >= 0.6 is 0 Å². The van der Waals surface area contributed by atoms with E-state index in [-0.39, 0.29) is 0 Å². The highest BCUT2D eigenvalue weighted by atomic mass is 16.5. The van der Waals surface area contributed by atoms with Crippen molar-refractivity contribution >= 4 is 23.5 Å². The van der Waals surface area contributed by atoms with Gasteiger partial charge in [-0.15, -0.1) is 0 Å². The Hall–Kier alpha value is -2.89. The van der Waals surface area contributed by atoms with Crippen LogP contribution in [-0.2, 0) is 19.1 Å². The fraction of sp³-hybridized carbons (Fsp3) is 0.235. The van der Waals surface area contributed by atoms with E-state index in [2.05, 4.69) is 5.32 Å². The molecule has 0 radical (unpaired) electrons. The van der Waals surface area contributed by atoms with Gasteiger partial charge in [-0.1, -0.05) is 18.2 Å². The summed E-state index contributed by atoms with van der Waals surface area (Å²) < 4.78 is 9.63. The van der Waals surface area contributed by atoms with Crippen LogP contribution in [0.3, 0.4) is 0 Å². The number of anilines is 1. The van der Waals surface area contributed by atoms with Crippen LogP contribution in [0, 0.1) is 0 Å². The van der Waals surface area contributed by atoms with Crippen LogP contribution in [-0.4, -0.2) is 31.1 Å². The molecular formula is C17H19NO5. The minimum atomic E-state index is -0.601. The van der Waals surface area contributed by atoms with E-state index in [1.807, 2.05) is 6.92 Å². The third kappa shape index (κ3) is 7.08. The van der Waals surface area contributed by atoms with E-state index in [0.29, 0.717) is 17.9 Å². The van der Waals surface area contributed by atoms with Crippen molar-refractivity contribution in [2.45, 2.75) is 13.8 Å². The first kappa shape index (κ1) is 18.2. The second-order valence-electron chi connectivity index (χ2n) is 4.34. The molecule has 0 saturated heterocycles. The van der Waals surface area contributed by atoms with Gasteiger partial charge in [0.2, 0.25) is 0 Å². The maximum atomic E-state index is 11.7. The summed E-state index contributed by atoms with van der Waals surface area (Å²) in [6.07, 6.45) is 6.18. The molecule has 0 aliphatic carbocycles. The Morgan fingerprint density at radius 2 is 1.78 bits per heavy atom. The maximum absolute atomic E-state index is 11.7. The van der Waals surface area contributed by atoms with Crippen LogP contribution in [0.15, 0.2) is 48.6 Å². The van der Waals surface area contributed by atoms with E-state index in [4.69, 9.17) is 9.47 Å². The van der Waals surface area contributed by atoms with Gasteiger partial charge in [0.25, 0.3) is 5.91 Å². The van der Waals surface area contributed by atoms with Crippen LogP contribution in [0.4, 0.5) is 5.69 Å². The zero-order chi connectivity index (χ0) is 17.1. The second-order valence-corrected chi connectivity index (χ2v) is 4.34. The zero-order valence-corrected chi connectivity index (χ0v) is 13.1. The molecule has 0 spiro atoms. The number of carbonyl (C=O) groups is 3. The van der Waals surface area contributed by atoms with Gasteiger partial charge < -0.3 is 14.8 Å². The van der Waals surface area contributed by atoms with Gasteiger partial charge >= 0.3 is 11.9 Å². The van der Waals surface area contributed by atoms with Gasteiger partial charge in [-0.25, -0.2) is 9.59 Å². The highest BCUT2D eigenvalue weighted by molar-refractivity contribution is 5.95. The summed E-state index contributed by atoms with van der Waals surface area (Å²) in [7, 11) is 0. The van der Waals surface area contributed by atoms with E-state index < -0.39 is 24.5 Å². The highest BCUT2D eigenvalue weighted by Gasteiger charge is 2.08. The van der Waals surface area contributed by atoms with Gasteiger partial charge in [0.15, 0.2) is 6.61 Å². The van der Waals surface area contributed by atoms with Gasteiger partial charge in [0.05, 0.1) is 12.2 Å². The zero-order valence-electron chi connectivity index (χ0n) is 13.1. The molecule has 6 nitrogen and oxygen atoms in total. The number of carbonyl (C=O) groups excluding carboxylic acids is 3. The summed E-state index contributed by atoms with van der Waals surface area (Å²) in [5.74, 6) is -1.50. The van der Waals surface area contributed by atoms with Crippen LogP contribution in [0.2, 0.25) is 0 Å². The molecule has 6 heteroatoms. The van der Waals surface area contributed by atoms with Crippen molar-refractivity contribution in [3.05, 3.63) is 54.1 Å². The average molecular weight is 317 g/mol. The van der Waals surface area contributed by atoms with E-state index in [9.17, 15) is 14.4 Å². The Morgan fingerprint density at radius 1 is 1.09 bits per heavy atom. The fourth-order valence-electron chi connectivity index (χ4n) is 1.53. The molecule has 0 saturated carbocycles. The second kappa shape index (κ2) is 9.94. The SMILES string of the molecule is C/C=C/C=C/C(=O)OCC(=O)Nc1ccc(C(=O)OCC)cc1. The Morgan fingerprint density at radius 3 is 2.39 bits per heavy atom. The highest BCUT2D eigenvalue weighted by Crippen LogP contribution is 2.10. The maximum Gasteiger partial charge on any atom is 0.338 e. The molecule has 0 bridgehead atoms. The number of hydrogen-bond donors (Lipinski definition) is 1. The standard InChI is InChI=1S/C17H19NO5/c1-3-5-6-7-16(20)23-12-15(19)18-14-10-8-13(9-11-14)17(21)22-4-2/h3,5-11H,4,12H2,1-2H3,(H,18,19)/b5-3+,7-6+. The number of ether oxygens (including phenoxy) is 2. The van der Waals surface area contributed by atoms with Crippen LogP contribution < -0.4 is 5.32 Å². The Balaban J connectivity index is 2.45. The van der Waals surface area contributed by atoms with Crippen molar-refractivity contribution in [2.75, 3.05) is 18.5 Å². The first-order valence-corrected chi connectivity index (χ1v) is 7.10. The molecule has 1 amide bonds. The van der Waals surface area contributed by atoms with Crippen LogP contribution in [0.1, 0.15) is 24.2 Å². The van der Waals surface area contributed by atoms with E-state index in [1.165, 1.54) is 12.2 Å². The van der Waals surface area contributed by atoms with Crippen molar-refractivity contribution < 1.29 is 23.9 Å². The molecule has 1 aromatic rings. The van der Waals surface area contributed by atoms with Crippen molar-refractivity contribution in [3.8, 4) is 0 Å². The van der Waals surface area contributed by atoms with Crippen LogP contribution in [0.25, 0.3) is 0 Å². The summed E-state index contributed by atoms with van der Waals surface area (Å²) >= 11 is 0. The first-order chi connectivity index (χ1) is 11.1. The lowest BCUT2D eigenvalue weighted by molar-refractivity contribution is -0.142. The monoisotopic (exact) mass is 317 g/mol. The summed E-state index contributed by atoms with van der Waals surface area (Å²) in [5.41, 5.74) is 0.883. The first-order valence-electron chi connectivity index (χ1n) is 7.10. The topological polar surface area (TPSA) is 81.7 Å². The number of hydrogen-bond acceptors (Lipinski definition) is 5. The fourth-order valence-corrected chi connectivity index (χ4v) is 1.53. The van der Waals surface area contributed by atoms with Crippen molar-refractivity contribution in [1.82, 2.24) is 0 Å². The molecule has 122 valence electrons. The van der Waals surface area contributed by atoms with Gasteiger partial charge in [-0.2, -0.15) is 0 Å². The number of amides is 1. The number of rotatable bonds is 7. The summed E-state index contributed by atoms with van der Waals surface area (Å²) in [4.78, 5) is 34.4. The van der Waals surface area contributed by atoms with Crippen LogP contribution in [0.5, 0.6) is 0 Å². The summed E-state index contributed by atoms with van der Waals surface area (Å²) in [6, 6.07) is 6.22.